The van der Waals surface area contributed by atoms with Gasteiger partial charge < -0.3 is 15.4 Å². The van der Waals surface area contributed by atoms with Crippen LogP contribution in [0.2, 0.25) is 0 Å². The molecule has 1 unspecified atom stereocenters. The Morgan fingerprint density at radius 1 is 1.15 bits per heavy atom. The first-order valence-corrected chi connectivity index (χ1v) is 10.3. The van der Waals surface area contributed by atoms with E-state index < -0.39 is 10.0 Å². The largest absolute Gasteiger partial charge is 0.494 e. The lowest BCUT2D eigenvalue weighted by molar-refractivity contribution is 0.0940. The summed E-state index contributed by atoms with van der Waals surface area (Å²) in [7, 11) is -3.74. The summed E-state index contributed by atoms with van der Waals surface area (Å²) in [5.74, 6) is 0.473. The number of rotatable bonds is 7. The molecular weight excluding hydrogens is 366 g/mol. The second-order valence-corrected chi connectivity index (χ2v) is 7.93. The summed E-state index contributed by atoms with van der Waals surface area (Å²) in [5.41, 5.74) is 0.871. The van der Waals surface area contributed by atoms with Crippen LogP contribution >= 0.6 is 0 Å². The average Bonchev–Trinajstić information content (AvgIpc) is 3.16. The van der Waals surface area contributed by atoms with Crippen LogP contribution in [-0.2, 0) is 10.0 Å². The Morgan fingerprint density at radius 2 is 1.85 bits per heavy atom. The molecule has 0 spiro atoms. The van der Waals surface area contributed by atoms with E-state index in [4.69, 9.17) is 4.74 Å². The van der Waals surface area contributed by atoms with E-state index in [0.717, 1.165) is 19.5 Å². The molecule has 0 radical (unpaired) electrons. The van der Waals surface area contributed by atoms with Crippen LogP contribution < -0.4 is 20.1 Å². The Balaban J connectivity index is 1.66. The zero-order chi connectivity index (χ0) is 19.3. The average molecular weight is 389 g/mol. The minimum atomic E-state index is -3.74. The lowest BCUT2D eigenvalue weighted by atomic mass is 10.2. The summed E-state index contributed by atoms with van der Waals surface area (Å²) in [6.07, 6.45) is 0.893. The van der Waals surface area contributed by atoms with Crippen LogP contribution in [0.1, 0.15) is 23.7 Å². The molecule has 0 saturated carbocycles. The summed E-state index contributed by atoms with van der Waals surface area (Å²) < 4.78 is 32.9. The zero-order valence-electron chi connectivity index (χ0n) is 15.1. The Morgan fingerprint density at radius 3 is 2.44 bits per heavy atom. The number of nitrogens with one attached hydrogen (secondary N) is 3. The van der Waals surface area contributed by atoms with Crippen molar-refractivity contribution >= 4 is 21.6 Å². The zero-order valence-corrected chi connectivity index (χ0v) is 15.9. The van der Waals surface area contributed by atoms with E-state index >= 15 is 0 Å². The van der Waals surface area contributed by atoms with Gasteiger partial charge in [0.2, 0.25) is 0 Å². The van der Waals surface area contributed by atoms with Crippen molar-refractivity contribution in [2.75, 3.05) is 24.4 Å². The Labute approximate surface area is 159 Å². The third-order valence-corrected chi connectivity index (χ3v) is 5.64. The number of anilines is 1. The molecule has 8 heteroatoms. The smallest absolute Gasteiger partial charge is 0.261 e. The number of carbonyl (C=O) groups excluding carboxylic acids is 1. The molecule has 27 heavy (non-hydrogen) atoms. The molecule has 0 aliphatic carbocycles. The van der Waals surface area contributed by atoms with E-state index in [-0.39, 0.29) is 16.8 Å². The van der Waals surface area contributed by atoms with Crippen molar-refractivity contribution in [2.24, 2.45) is 0 Å². The molecule has 7 nitrogen and oxygen atoms in total. The van der Waals surface area contributed by atoms with Gasteiger partial charge in [-0.15, -0.1) is 0 Å². The van der Waals surface area contributed by atoms with Crippen molar-refractivity contribution in [3.05, 3.63) is 54.1 Å². The molecule has 1 saturated heterocycles. The van der Waals surface area contributed by atoms with Crippen molar-refractivity contribution in [1.82, 2.24) is 10.6 Å². The van der Waals surface area contributed by atoms with Gasteiger partial charge in [-0.05, 0) is 68.4 Å². The highest BCUT2D eigenvalue weighted by atomic mass is 32.2. The highest BCUT2D eigenvalue weighted by Crippen LogP contribution is 2.20. The molecule has 2 aromatic carbocycles. The highest BCUT2D eigenvalue weighted by molar-refractivity contribution is 7.92. The van der Waals surface area contributed by atoms with Gasteiger partial charge in [0.05, 0.1) is 11.5 Å². The summed E-state index contributed by atoms with van der Waals surface area (Å²) in [4.78, 5) is 12.3. The fourth-order valence-corrected chi connectivity index (χ4v) is 3.89. The van der Waals surface area contributed by atoms with Crippen molar-refractivity contribution < 1.29 is 17.9 Å². The molecule has 1 aliphatic heterocycles. The summed E-state index contributed by atoms with van der Waals surface area (Å²) >= 11 is 0. The molecular formula is C19H23N3O4S. The van der Waals surface area contributed by atoms with Crippen LogP contribution in [0.15, 0.2) is 53.4 Å². The number of amides is 1. The molecule has 1 aliphatic rings. The Bertz CT molecular complexity index is 874. The van der Waals surface area contributed by atoms with Gasteiger partial charge in [0.25, 0.3) is 15.9 Å². The molecule has 144 valence electrons. The Kier molecular flexibility index (Phi) is 5.98. The van der Waals surface area contributed by atoms with Gasteiger partial charge in [-0.25, -0.2) is 8.42 Å². The fourth-order valence-electron chi connectivity index (χ4n) is 2.83. The third-order valence-electron chi connectivity index (χ3n) is 4.24. The third kappa shape index (κ3) is 4.99. The van der Waals surface area contributed by atoms with Crippen LogP contribution in [0, 0.1) is 0 Å². The molecule has 2 aromatic rings. The lowest BCUT2D eigenvalue weighted by Crippen LogP contribution is -2.36. The maximum absolute atomic E-state index is 12.5. The highest BCUT2D eigenvalue weighted by Gasteiger charge is 2.19. The lowest BCUT2D eigenvalue weighted by Gasteiger charge is -2.12. The van der Waals surface area contributed by atoms with Crippen LogP contribution in [0.5, 0.6) is 5.75 Å². The standard InChI is InChI=1S/C19H23N3O4S/c1-2-26-17-7-5-15(6-8-17)22-27(24,25)18-9-3-14(4-10-18)19(23)21-16-11-12-20-13-16/h3-10,16,20,22H,2,11-13H2,1H3,(H,21,23). The number of hydrogen-bond donors (Lipinski definition) is 3. The van der Waals surface area contributed by atoms with Gasteiger partial charge in [-0.3, -0.25) is 9.52 Å². The summed E-state index contributed by atoms with van der Waals surface area (Å²) in [5, 5.41) is 6.11. The Hall–Kier alpha value is -2.58. The first kappa shape index (κ1) is 19.2. The molecule has 0 aromatic heterocycles. The van der Waals surface area contributed by atoms with Gasteiger partial charge >= 0.3 is 0 Å². The molecule has 0 bridgehead atoms. The van der Waals surface area contributed by atoms with Gasteiger partial charge in [0, 0.05) is 23.8 Å². The van der Waals surface area contributed by atoms with E-state index in [1.54, 1.807) is 24.3 Å². The van der Waals surface area contributed by atoms with Crippen molar-refractivity contribution in [1.29, 1.82) is 0 Å². The predicted octanol–water partition coefficient (Wildman–Crippen LogP) is 1.98. The second-order valence-electron chi connectivity index (χ2n) is 6.25. The van der Waals surface area contributed by atoms with Crippen molar-refractivity contribution in [3.8, 4) is 5.75 Å². The normalized spacial score (nSPS) is 16.7. The summed E-state index contributed by atoms with van der Waals surface area (Å²) in [6.45, 7) is 4.07. The molecule has 3 rings (SSSR count). The van der Waals surface area contributed by atoms with Crippen LogP contribution in [0.4, 0.5) is 5.69 Å². The molecule has 1 heterocycles. The van der Waals surface area contributed by atoms with E-state index in [0.29, 0.717) is 23.6 Å². The molecule has 1 amide bonds. The summed E-state index contributed by atoms with van der Waals surface area (Å²) in [6, 6.07) is 12.7. The fraction of sp³-hybridized carbons (Fsp3) is 0.316. The van der Waals surface area contributed by atoms with Crippen molar-refractivity contribution in [2.45, 2.75) is 24.3 Å². The number of ether oxygens (including phenoxy) is 1. The number of hydrogen-bond acceptors (Lipinski definition) is 5. The van der Waals surface area contributed by atoms with Gasteiger partial charge in [0.15, 0.2) is 0 Å². The van der Waals surface area contributed by atoms with Gasteiger partial charge in [0.1, 0.15) is 5.75 Å². The number of benzene rings is 2. The van der Waals surface area contributed by atoms with E-state index in [1.807, 2.05) is 6.92 Å². The number of carbonyl (C=O) groups is 1. The van der Waals surface area contributed by atoms with Crippen molar-refractivity contribution in [3.63, 3.8) is 0 Å². The SMILES string of the molecule is CCOc1ccc(NS(=O)(=O)c2ccc(C(=O)NC3CCNC3)cc2)cc1. The molecule has 1 atom stereocenters. The topological polar surface area (TPSA) is 96.5 Å². The van der Waals surface area contributed by atoms with Gasteiger partial charge in [-0.1, -0.05) is 0 Å². The number of sulfonamides is 1. The molecule has 3 N–H and O–H groups in total. The first-order chi connectivity index (χ1) is 13.0. The first-order valence-electron chi connectivity index (χ1n) is 8.85. The molecule has 1 fully saturated rings. The minimum absolute atomic E-state index is 0.0930. The predicted molar refractivity (Wildman–Crippen MR) is 104 cm³/mol. The monoisotopic (exact) mass is 389 g/mol. The maximum atomic E-state index is 12.5. The van der Waals surface area contributed by atoms with Crippen LogP contribution in [-0.4, -0.2) is 40.1 Å². The second kappa shape index (κ2) is 8.41. The van der Waals surface area contributed by atoms with E-state index in [1.165, 1.54) is 24.3 Å². The minimum Gasteiger partial charge on any atom is -0.494 e. The quantitative estimate of drug-likeness (QED) is 0.673. The van der Waals surface area contributed by atoms with E-state index in [9.17, 15) is 13.2 Å². The van der Waals surface area contributed by atoms with Gasteiger partial charge in [-0.2, -0.15) is 0 Å². The maximum Gasteiger partial charge on any atom is 0.261 e. The van der Waals surface area contributed by atoms with Crippen LogP contribution in [0.25, 0.3) is 0 Å². The van der Waals surface area contributed by atoms with E-state index in [2.05, 4.69) is 15.4 Å². The van der Waals surface area contributed by atoms with Crippen LogP contribution in [0.3, 0.4) is 0 Å².